The molecule has 2 N–H and O–H groups in total. The third-order valence-electron chi connectivity index (χ3n) is 5.46. The summed E-state index contributed by atoms with van der Waals surface area (Å²) in [6.07, 6.45) is 0. The number of hydrogen-bond donors (Lipinski definition) is 2. The lowest BCUT2D eigenvalue weighted by atomic mass is 10.0. The van der Waals surface area contributed by atoms with Gasteiger partial charge in [0.2, 0.25) is 5.89 Å². The molecule has 0 atom stereocenters. The van der Waals surface area contributed by atoms with Crippen molar-refractivity contribution in [3.63, 3.8) is 0 Å². The summed E-state index contributed by atoms with van der Waals surface area (Å²) in [5, 5.41) is 8.16. The first-order valence-corrected chi connectivity index (χ1v) is 11.9. The van der Waals surface area contributed by atoms with E-state index < -0.39 is 0 Å². The Labute approximate surface area is 210 Å². The van der Waals surface area contributed by atoms with Gasteiger partial charge < -0.3 is 9.73 Å². The monoisotopic (exact) mass is 529 g/mol. The van der Waals surface area contributed by atoms with Crippen LogP contribution in [0.2, 0.25) is 0 Å². The average Bonchev–Trinajstić information content (AvgIpc) is 3.21. The van der Waals surface area contributed by atoms with Gasteiger partial charge in [0.05, 0.1) is 0 Å². The molecule has 1 aromatic heterocycles. The summed E-state index contributed by atoms with van der Waals surface area (Å²) in [6.45, 7) is 3.91. The number of nitrogens with one attached hydrogen (secondary N) is 2. The zero-order chi connectivity index (χ0) is 23.8. The summed E-state index contributed by atoms with van der Waals surface area (Å²) in [4.78, 5) is 17.3. The Bertz CT molecular complexity index is 1570. The van der Waals surface area contributed by atoms with E-state index in [0.717, 1.165) is 31.9 Å². The summed E-state index contributed by atoms with van der Waals surface area (Å²) in [6, 6.07) is 23.3. The molecular formula is C27H20BrN3O2S. The molecule has 0 fully saturated rings. The zero-order valence-electron chi connectivity index (χ0n) is 18.5. The van der Waals surface area contributed by atoms with Gasteiger partial charge in [0.15, 0.2) is 10.7 Å². The first-order valence-electron chi connectivity index (χ1n) is 10.7. The predicted octanol–water partition coefficient (Wildman–Crippen LogP) is 7.15. The first-order chi connectivity index (χ1) is 16.4. The van der Waals surface area contributed by atoms with Crippen LogP contribution < -0.4 is 10.6 Å². The van der Waals surface area contributed by atoms with Crippen LogP contribution in [0.1, 0.15) is 21.5 Å². The second-order valence-corrected chi connectivity index (χ2v) is 9.39. The van der Waals surface area contributed by atoms with Gasteiger partial charge in [0.1, 0.15) is 5.52 Å². The molecule has 7 heteroatoms. The number of aromatic nitrogens is 1. The molecule has 1 heterocycles. The highest BCUT2D eigenvalue weighted by Crippen LogP contribution is 2.34. The Balaban J connectivity index is 1.38. The van der Waals surface area contributed by atoms with Crippen molar-refractivity contribution in [2.45, 2.75) is 13.8 Å². The van der Waals surface area contributed by atoms with Crippen LogP contribution in [-0.4, -0.2) is 16.0 Å². The molecular weight excluding hydrogens is 510 g/mol. The second kappa shape index (κ2) is 9.00. The number of nitrogens with zero attached hydrogens (tertiary/aromatic N) is 1. The smallest absolute Gasteiger partial charge is 0.257 e. The highest BCUT2D eigenvalue weighted by molar-refractivity contribution is 9.10. The second-order valence-electron chi connectivity index (χ2n) is 8.13. The van der Waals surface area contributed by atoms with Crippen molar-refractivity contribution in [2.24, 2.45) is 0 Å². The van der Waals surface area contributed by atoms with Gasteiger partial charge in [-0.2, -0.15) is 0 Å². The Morgan fingerprint density at radius 3 is 2.47 bits per heavy atom. The van der Waals surface area contributed by atoms with E-state index in [-0.39, 0.29) is 11.0 Å². The summed E-state index contributed by atoms with van der Waals surface area (Å²) in [5.41, 5.74) is 5.59. The highest BCUT2D eigenvalue weighted by Gasteiger charge is 2.14. The molecule has 34 heavy (non-hydrogen) atoms. The number of carbonyl (C=O) groups excluding carboxylic acids is 1. The van der Waals surface area contributed by atoms with E-state index in [0.29, 0.717) is 28.2 Å². The van der Waals surface area contributed by atoms with Crippen LogP contribution in [0.4, 0.5) is 5.69 Å². The Morgan fingerprint density at radius 2 is 1.68 bits per heavy atom. The van der Waals surface area contributed by atoms with Crippen molar-refractivity contribution in [3.8, 4) is 11.5 Å². The van der Waals surface area contributed by atoms with Gasteiger partial charge in [0, 0.05) is 21.3 Å². The molecule has 1 amide bonds. The molecule has 0 saturated heterocycles. The Hall–Kier alpha value is -3.55. The molecule has 0 aliphatic heterocycles. The van der Waals surface area contributed by atoms with Gasteiger partial charge >= 0.3 is 0 Å². The van der Waals surface area contributed by atoms with Gasteiger partial charge in [-0.15, -0.1) is 0 Å². The van der Waals surface area contributed by atoms with Crippen molar-refractivity contribution in [1.82, 2.24) is 10.3 Å². The van der Waals surface area contributed by atoms with E-state index in [1.807, 2.05) is 80.6 Å². The normalized spacial score (nSPS) is 11.0. The van der Waals surface area contributed by atoms with Gasteiger partial charge in [-0.3, -0.25) is 10.1 Å². The molecule has 0 unspecified atom stereocenters. The number of oxazole rings is 1. The predicted molar refractivity (Wildman–Crippen MR) is 144 cm³/mol. The number of aryl methyl sites for hydroxylation is 2. The van der Waals surface area contributed by atoms with Crippen molar-refractivity contribution in [3.05, 3.63) is 94.0 Å². The van der Waals surface area contributed by atoms with E-state index in [1.165, 1.54) is 0 Å². The first kappa shape index (κ1) is 22.3. The number of anilines is 1. The van der Waals surface area contributed by atoms with Crippen LogP contribution in [0, 0.1) is 13.8 Å². The molecule has 0 spiro atoms. The van der Waals surface area contributed by atoms with E-state index in [9.17, 15) is 4.79 Å². The fourth-order valence-electron chi connectivity index (χ4n) is 4.02. The number of hydrogen-bond acceptors (Lipinski definition) is 4. The summed E-state index contributed by atoms with van der Waals surface area (Å²) in [7, 11) is 0. The number of carbonyl (C=O) groups is 1. The zero-order valence-corrected chi connectivity index (χ0v) is 20.9. The lowest BCUT2D eigenvalue weighted by Gasteiger charge is -2.10. The number of benzene rings is 4. The number of thiocarbonyl (C=S) groups is 1. The van der Waals surface area contributed by atoms with E-state index in [2.05, 4.69) is 32.6 Å². The quantitative estimate of drug-likeness (QED) is 0.243. The lowest BCUT2D eigenvalue weighted by Crippen LogP contribution is -2.34. The van der Waals surface area contributed by atoms with Crippen molar-refractivity contribution in [2.75, 3.05) is 5.32 Å². The van der Waals surface area contributed by atoms with Crippen LogP contribution in [0.25, 0.3) is 33.3 Å². The minimum atomic E-state index is -0.254. The molecule has 0 saturated carbocycles. The molecule has 168 valence electrons. The van der Waals surface area contributed by atoms with E-state index >= 15 is 0 Å². The van der Waals surface area contributed by atoms with Crippen molar-refractivity contribution < 1.29 is 9.21 Å². The van der Waals surface area contributed by atoms with Crippen LogP contribution >= 0.6 is 28.1 Å². The van der Waals surface area contributed by atoms with Crippen LogP contribution in [0.15, 0.2) is 81.7 Å². The fourth-order valence-corrected chi connectivity index (χ4v) is 4.73. The summed E-state index contributed by atoms with van der Waals surface area (Å²) in [5.74, 6) is 0.290. The summed E-state index contributed by atoms with van der Waals surface area (Å²) >= 11 is 8.96. The third kappa shape index (κ3) is 4.44. The topological polar surface area (TPSA) is 67.2 Å². The minimum Gasteiger partial charge on any atom is -0.436 e. The standard InChI is InChI=1S/C27H20BrN3O2S/c1-15-11-16(2)13-17(12-15)25(32)31-27(34)29-18-9-10-24-23(14-18)30-26(33-24)21-7-3-6-20-19(21)5-4-8-22(20)28/h3-14H,1-2H3,(H2,29,31,32,34). The maximum Gasteiger partial charge on any atom is 0.257 e. The number of halogens is 1. The Morgan fingerprint density at radius 1 is 0.941 bits per heavy atom. The molecule has 5 rings (SSSR count). The molecule has 4 aromatic carbocycles. The SMILES string of the molecule is Cc1cc(C)cc(C(=O)NC(=S)Nc2ccc3oc(-c4cccc5c(Br)cccc45)nc3c2)c1. The van der Waals surface area contributed by atoms with Crippen molar-refractivity contribution >= 4 is 66.7 Å². The number of fused-ring (bicyclic) bond motifs is 2. The minimum absolute atomic E-state index is 0.214. The molecule has 5 nitrogen and oxygen atoms in total. The molecule has 0 aliphatic rings. The van der Waals surface area contributed by atoms with Gasteiger partial charge in [-0.1, -0.05) is 57.4 Å². The fraction of sp³-hybridized carbons (Fsp3) is 0.0741. The number of rotatable bonds is 3. The van der Waals surface area contributed by atoms with E-state index in [4.69, 9.17) is 21.6 Å². The highest BCUT2D eigenvalue weighted by atomic mass is 79.9. The molecule has 0 aliphatic carbocycles. The maximum atomic E-state index is 12.6. The molecule has 0 radical (unpaired) electrons. The molecule has 0 bridgehead atoms. The Kier molecular flexibility index (Phi) is 5.89. The summed E-state index contributed by atoms with van der Waals surface area (Å²) < 4.78 is 7.07. The van der Waals surface area contributed by atoms with Gasteiger partial charge in [-0.25, -0.2) is 4.98 Å². The third-order valence-corrected chi connectivity index (χ3v) is 6.35. The van der Waals surface area contributed by atoms with Crippen molar-refractivity contribution in [1.29, 1.82) is 0 Å². The molecule has 5 aromatic rings. The van der Waals surface area contributed by atoms with Crippen LogP contribution in [0.3, 0.4) is 0 Å². The van der Waals surface area contributed by atoms with Crippen LogP contribution in [-0.2, 0) is 0 Å². The van der Waals surface area contributed by atoms with Gasteiger partial charge in [-0.05, 0) is 79.3 Å². The number of amides is 1. The van der Waals surface area contributed by atoms with Gasteiger partial charge in [0.25, 0.3) is 5.91 Å². The lowest BCUT2D eigenvalue weighted by molar-refractivity contribution is 0.0977. The van der Waals surface area contributed by atoms with Crippen LogP contribution in [0.5, 0.6) is 0 Å². The van der Waals surface area contributed by atoms with E-state index in [1.54, 1.807) is 0 Å². The average molecular weight is 530 g/mol. The maximum absolute atomic E-state index is 12.6. The largest absolute Gasteiger partial charge is 0.436 e.